The average molecular weight is 236 g/mol. The summed E-state index contributed by atoms with van der Waals surface area (Å²) in [5.74, 6) is 0. The molecular weight excluding hydrogens is 208 g/mol. The van der Waals surface area contributed by atoms with Crippen molar-refractivity contribution in [2.75, 3.05) is 13.2 Å². The van der Waals surface area contributed by atoms with Crippen LogP contribution in [0.2, 0.25) is 0 Å². The topological polar surface area (TPSA) is 9.23 Å². The van der Waals surface area contributed by atoms with E-state index in [0.717, 1.165) is 13.2 Å². The van der Waals surface area contributed by atoms with E-state index in [1.54, 1.807) is 6.08 Å². The number of hydrogen-bond acceptors (Lipinski definition) is 1. The fourth-order valence-corrected chi connectivity index (χ4v) is 1.49. The minimum Gasteiger partial charge on any atom is -0.381 e. The Morgan fingerprint density at radius 1 is 0.882 bits per heavy atom. The number of ether oxygens (including phenoxy) is 1. The highest BCUT2D eigenvalue weighted by Gasteiger charge is 1.90. The molecule has 0 bridgehead atoms. The summed E-state index contributed by atoms with van der Waals surface area (Å²) in [6.45, 7) is 7.70. The Labute approximate surface area is 107 Å². The molecule has 0 aliphatic heterocycles. The Kier molecular flexibility index (Phi) is 14.4. The Hall–Kier alpha value is -0.820. The summed E-state index contributed by atoms with van der Waals surface area (Å²) in [6, 6.07) is 0. The van der Waals surface area contributed by atoms with Crippen LogP contribution in [0.25, 0.3) is 0 Å². The SMILES string of the molecule is C=CC=CC=CCCCCCCOCCCC. The lowest BCUT2D eigenvalue weighted by Crippen LogP contribution is -1.96. The van der Waals surface area contributed by atoms with Crippen molar-refractivity contribution in [3.63, 3.8) is 0 Å². The summed E-state index contributed by atoms with van der Waals surface area (Å²) in [6.07, 6.45) is 18.8. The molecule has 0 amide bonds. The third-order valence-electron chi connectivity index (χ3n) is 2.55. The van der Waals surface area contributed by atoms with Crippen LogP contribution in [0.3, 0.4) is 0 Å². The summed E-state index contributed by atoms with van der Waals surface area (Å²) in [7, 11) is 0. The molecule has 0 N–H and O–H groups in total. The van der Waals surface area contributed by atoms with Gasteiger partial charge in [0.15, 0.2) is 0 Å². The van der Waals surface area contributed by atoms with Gasteiger partial charge in [0.25, 0.3) is 0 Å². The lowest BCUT2D eigenvalue weighted by molar-refractivity contribution is 0.127. The molecule has 0 fully saturated rings. The van der Waals surface area contributed by atoms with Crippen molar-refractivity contribution in [2.45, 2.75) is 51.9 Å². The molecule has 0 aliphatic carbocycles. The second-order valence-corrected chi connectivity index (χ2v) is 4.22. The van der Waals surface area contributed by atoms with Gasteiger partial charge in [0, 0.05) is 13.2 Å². The summed E-state index contributed by atoms with van der Waals surface area (Å²) in [5.41, 5.74) is 0. The first-order valence-electron chi connectivity index (χ1n) is 6.93. The summed E-state index contributed by atoms with van der Waals surface area (Å²) >= 11 is 0. The molecule has 17 heavy (non-hydrogen) atoms. The minimum atomic E-state index is 0.939. The first-order chi connectivity index (χ1) is 8.41. The van der Waals surface area contributed by atoms with E-state index in [2.05, 4.69) is 25.7 Å². The molecule has 0 saturated carbocycles. The van der Waals surface area contributed by atoms with Crippen molar-refractivity contribution in [1.29, 1.82) is 0 Å². The monoisotopic (exact) mass is 236 g/mol. The first-order valence-corrected chi connectivity index (χ1v) is 6.93. The van der Waals surface area contributed by atoms with Gasteiger partial charge in [-0.15, -0.1) is 0 Å². The molecule has 1 heteroatoms. The van der Waals surface area contributed by atoms with Crippen LogP contribution in [-0.4, -0.2) is 13.2 Å². The normalized spacial score (nSPS) is 11.6. The number of allylic oxidation sites excluding steroid dienone is 5. The van der Waals surface area contributed by atoms with Gasteiger partial charge in [0.05, 0.1) is 0 Å². The Morgan fingerprint density at radius 3 is 2.41 bits per heavy atom. The van der Waals surface area contributed by atoms with Crippen LogP contribution in [0.1, 0.15) is 51.9 Å². The van der Waals surface area contributed by atoms with Crippen LogP contribution in [0.5, 0.6) is 0 Å². The van der Waals surface area contributed by atoms with Crippen molar-refractivity contribution in [2.24, 2.45) is 0 Å². The van der Waals surface area contributed by atoms with E-state index in [1.165, 1.54) is 44.9 Å². The zero-order valence-electron chi connectivity index (χ0n) is 11.4. The average Bonchev–Trinajstić information content (AvgIpc) is 2.35. The van der Waals surface area contributed by atoms with Crippen molar-refractivity contribution in [3.05, 3.63) is 37.0 Å². The Balaban J connectivity index is 3.05. The highest BCUT2D eigenvalue weighted by atomic mass is 16.5. The van der Waals surface area contributed by atoms with E-state index in [9.17, 15) is 0 Å². The van der Waals surface area contributed by atoms with Gasteiger partial charge in [-0.3, -0.25) is 0 Å². The van der Waals surface area contributed by atoms with E-state index in [1.807, 2.05) is 12.2 Å². The lowest BCUT2D eigenvalue weighted by atomic mass is 10.1. The van der Waals surface area contributed by atoms with Crippen LogP contribution < -0.4 is 0 Å². The molecule has 1 nitrogen and oxygen atoms in total. The van der Waals surface area contributed by atoms with Crippen LogP contribution in [0.15, 0.2) is 37.0 Å². The smallest absolute Gasteiger partial charge is 0.0466 e. The van der Waals surface area contributed by atoms with E-state index in [0.29, 0.717) is 0 Å². The number of unbranched alkanes of at least 4 members (excludes halogenated alkanes) is 5. The van der Waals surface area contributed by atoms with Gasteiger partial charge in [-0.05, 0) is 25.7 Å². The maximum atomic E-state index is 5.51. The summed E-state index contributed by atoms with van der Waals surface area (Å²) < 4.78 is 5.51. The minimum absolute atomic E-state index is 0.939. The number of rotatable bonds is 12. The maximum absolute atomic E-state index is 5.51. The molecular formula is C16H28O. The molecule has 0 heterocycles. The van der Waals surface area contributed by atoms with Crippen LogP contribution in [-0.2, 0) is 4.74 Å². The van der Waals surface area contributed by atoms with Gasteiger partial charge in [-0.1, -0.05) is 63.1 Å². The zero-order valence-corrected chi connectivity index (χ0v) is 11.4. The summed E-state index contributed by atoms with van der Waals surface area (Å²) in [5, 5.41) is 0. The molecule has 0 radical (unpaired) electrons. The number of hydrogen-bond donors (Lipinski definition) is 0. The molecule has 0 aromatic heterocycles. The fourth-order valence-electron chi connectivity index (χ4n) is 1.49. The van der Waals surface area contributed by atoms with Crippen molar-refractivity contribution < 1.29 is 4.74 Å². The van der Waals surface area contributed by atoms with Gasteiger partial charge >= 0.3 is 0 Å². The third kappa shape index (κ3) is 15.2. The molecule has 0 rings (SSSR count). The Bertz CT molecular complexity index is 204. The molecule has 0 spiro atoms. The highest BCUT2D eigenvalue weighted by Crippen LogP contribution is 2.04. The van der Waals surface area contributed by atoms with Crippen LogP contribution >= 0.6 is 0 Å². The van der Waals surface area contributed by atoms with Gasteiger partial charge in [0.2, 0.25) is 0 Å². The second-order valence-electron chi connectivity index (χ2n) is 4.22. The third-order valence-corrected chi connectivity index (χ3v) is 2.55. The largest absolute Gasteiger partial charge is 0.381 e. The van der Waals surface area contributed by atoms with Crippen LogP contribution in [0, 0.1) is 0 Å². The molecule has 0 aromatic rings. The predicted octanol–water partition coefficient (Wildman–Crippen LogP) is 5.05. The van der Waals surface area contributed by atoms with Crippen molar-refractivity contribution in [1.82, 2.24) is 0 Å². The van der Waals surface area contributed by atoms with E-state index < -0.39 is 0 Å². The van der Waals surface area contributed by atoms with E-state index >= 15 is 0 Å². The summed E-state index contributed by atoms with van der Waals surface area (Å²) in [4.78, 5) is 0. The highest BCUT2D eigenvalue weighted by molar-refractivity contribution is 5.08. The second kappa shape index (κ2) is 15.2. The zero-order chi connectivity index (χ0) is 12.6. The fraction of sp³-hybridized carbons (Fsp3) is 0.625. The molecule has 0 saturated heterocycles. The van der Waals surface area contributed by atoms with Gasteiger partial charge < -0.3 is 4.74 Å². The van der Waals surface area contributed by atoms with Crippen molar-refractivity contribution in [3.8, 4) is 0 Å². The standard InChI is InChI=1S/C16H28O/c1-3-5-7-8-9-10-11-12-13-14-16-17-15-6-4-2/h3,5,7-9H,1,4,6,10-16H2,2H3. The van der Waals surface area contributed by atoms with Gasteiger partial charge in [0.1, 0.15) is 0 Å². The molecule has 0 aromatic carbocycles. The lowest BCUT2D eigenvalue weighted by Gasteiger charge is -2.02. The molecule has 0 atom stereocenters. The van der Waals surface area contributed by atoms with Gasteiger partial charge in [-0.25, -0.2) is 0 Å². The van der Waals surface area contributed by atoms with Gasteiger partial charge in [-0.2, -0.15) is 0 Å². The van der Waals surface area contributed by atoms with Crippen molar-refractivity contribution >= 4 is 0 Å². The molecule has 0 unspecified atom stereocenters. The molecule has 98 valence electrons. The maximum Gasteiger partial charge on any atom is 0.0466 e. The van der Waals surface area contributed by atoms with Crippen LogP contribution in [0.4, 0.5) is 0 Å². The first kappa shape index (κ1) is 16.2. The predicted molar refractivity (Wildman–Crippen MR) is 77.3 cm³/mol. The molecule has 0 aliphatic rings. The quantitative estimate of drug-likeness (QED) is 0.340. The van der Waals surface area contributed by atoms with E-state index in [4.69, 9.17) is 4.74 Å². The van der Waals surface area contributed by atoms with E-state index in [-0.39, 0.29) is 0 Å². The Morgan fingerprint density at radius 2 is 1.65 bits per heavy atom.